The van der Waals surface area contributed by atoms with E-state index in [9.17, 15) is 19.5 Å². The van der Waals surface area contributed by atoms with E-state index in [0.29, 0.717) is 52.8 Å². The lowest BCUT2D eigenvalue weighted by Crippen LogP contribution is -2.37. The van der Waals surface area contributed by atoms with Crippen LogP contribution in [0.5, 0.6) is 0 Å². The second-order valence-electron chi connectivity index (χ2n) is 7.73. The third kappa shape index (κ3) is 5.88. The minimum Gasteiger partial charge on any atom is -0.481 e. The largest absolute Gasteiger partial charge is 0.481 e. The van der Waals surface area contributed by atoms with Gasteiger partial charge in [0, 0.05) is 66.6 Å². The van der Waals surface area contributed by atoms with Gasteiger partial charge >= 0.3 is 5.97 Å². The fourth-order valence-corrected chi connectivity index (χ4v) is 4.16. The number of hydrogen-bond acceptors (Lipinski definition) is 6. The molecule has 0 saturated heterocycles. The normalized spacial score (nSPS) is 14.0. The van der Waals surface area contributed by atoms with Crippen LogP contribution in [0.15, 0.2) is 17.1 Å². The minimum absolute atomic E-state index is 0.0181. The van der Waals surface area contributed by atoms with Gasteiger partial charge in [0.05, 0.1) is 15.6 Å². The van der Waals surface area contributed by atoms with Crippen molar-refractivity contribution in [3.63, 3.8) is 0 Å². The van der Waals surface area contributed by atoms with Gasteiger partial charge in [-0.3, -0.25) is 19.4 Å². The molecule has 12 heteroatoms. The number of aliphatic hydroxyl groups is 1. The van der Waals surface area contributed by atoms with E-state index in [-0.39, 0.29) is 31.3 Å². The standard InChI is InChI=1S/C22H25Cl2N5O5/c23-14-8-12(15(25)3-6-26-9-17(31)27-5-1-2-19(33)34)20-13-10-29(18(32)11-30)7-4-16(13)28-22(20)21(14)24/h3,6,8,28,30H,1-2,4-5,7,9-11,25H2,(H,27,31)(H,33,34)/b15-3-,26-6?. The van der Waals surface area contributed by atoms with Crippen molar-refractivity contribution in [3.05, 3.63) is 39.0 Å². The fraction of sp³-hybridized carbons (Fsp3) is 0.364. The molecule has 0 radical (unpaired) electrons. The highest BCUT2D eigenvalue weighted by Gasteiger charge is 2.27. The van der Waals surface area contributed by atoms with E-state index < -0.39 is 12.6 Å². The van der Waals surface area contributed by atoms with E-state index in [1.165, 1.54) is 12.3 Å². The van der Waals surface area contributed by atoms with E-state index in [0.717, 1.165) is 16.6 Å². The first-order valence-electron chi connectivity index (χ1n) is 10.6. The molecule has 1 aromatic carbocycles. The molecule has 2 aromatic rings. The van der Waals surface area contributed by atoms with Crippen LogP contribution in [-0.4, -0.2) is 70.3 Å². The maximum Gasteiger partial charge on any atom is 0.303 e. The lowest BCUT2D eigenvalue weighted by atomic mass is 9.99. The van der Waals surface area contributed by atoms with Crippen LogP contribution >= 0.6 is 23.2 Å². The molecule has 0 bridgehead atoms. The van der Waals surface area contributed by atoms with E-state index in [4.69, 9.17) is 34.0 Å². The molecule has 0 spiro atoms. The van der Waals surface area contributed by atoms with Crippen molar-refractivity contribution in [2.75, 3.05) is 26.2 Å². The van der Waals surface area contributed by atoms with Crippen LogP contribution in [0.2, 0.25) is 10.0 Å². The number of benzene rings is 1. The number of halogens is 2. The number of carboxylic acid groups (broad SMARTS) is 1. The molecule has 2 amide bonds. The zero-order valence-corrected chi connectivity index (χ0v) is 19.7. The van der Waals surface area contributed by atoms with Crippen LogP contribution in [0.4, 0.5) is 0 Å². The number of carbonyl (C=O) groups excluding carboxylic acids is 2. The Hall–Kier alpha value is -3.08. The van der Waals surface area contributed by atoms with E-state index in [1.807, 2.05) is 0 Å². The number of H-pyrrole nitrogens is 1. The summed E-state index contributed by atoms with van der Waals surface area (Å²) in [6, 6.07) is 1.64. The maximum atomic E-state index is 12.0. The molecule has 2 heterocycles. The van der Waals surface area contributed by atoms with Crippen LogP contribution in [0.25, 0.3) is 16.6 Å². The smallest absolute Gasteiger partial charge is 0.303 e. The van der Waals surface area contributed by atoms with Gasteiger partial charge < -0.3 is 31.1 Å². The number of carbonyl (C=O) groups is 3. The van der Waals surface area contributed by atoms with Gasteiger partial charge in [-0.2, -0.15) is 0 Å². The SMILES string of the molecule is N/C(=C\C=NCC(=O)NCCCC(=O)O)c1cc(Cl)c(Cl)c2[nH]c3c(c12)CN(C(=O)CO)CC3. The Kier molecular flexibility index (Phi) is 8.54. The lowest BCUT2D eigenvalue weighted by molar-refractivity contribution is -0.137. The number of nitrogens with one attached hydrogen (secondary N) is 2. The van der Waals surface area contributed by atoms with Gasteiger partial charge in [-0.25, -0.2) is 0 Å². The molecule has 0 unspecified atom stereocenters. The Morgan fingerprint density at radius 3 is 2.79 bits per heavy atom. The molecule has 3 rings (SSSR count). The van der Waals surface area contributed by atoms with Crippen LogP contribution in [0.1, 0.15) is 29.7 Å². The van der Waals surface area contributed by atoms with Gasteiger partial charge in [-0.05, 0) is 18.6 Å². The maximum absolute atomic E-state index is 12.0. The van der Waals surface area contributed by atoms with Crippen molar-refractivity contribution in [2.45, 2.75) is 25.8 Å². The van der Waals surface area contributed by atoms with Gasteiger partial charge in [-0.1, -0.05) is 23.2 Å². The Labute approximate surface area is 205 Å². The summed E-state index contributed by atoms with van der Waals surface area (Å²) in [4.78, 5) is 43.2. The summed E-state index contributed by atoms with van der Waals surface area (Å²) in [6.45, 7) is 0.321. The number of hydrogen-bond donors (Lipinski definition) is 5. The van der Waals surface area contributed by atoms with Gasteiger partial charge in [0.2, 0.25) is 11.8 Å². The molecular formula is C22H25Cl2N5O5. The van der Waals surface area contributed by atoms with Crippen LogP contribution in [0, 0.1) is 0 Å². The number of aliphatic carboxylic acids is 1. The number of aliphatic imine (C=N–C) groups is 1. The molecule has 0 aliphatic carbocycles. The predicted molar refractivity (Wildman–Crippen MR) is 130 cm³/mol. The number of nitrogens with two attached hydrogens (primary N) is 1. The minimum atomic E-state index is -0.916. The molecule has 0 fully saturated rings. The number of allylic oxidation sites excluding steroid dienone is 1. The number of fused-ring (bicyclic) bond motifs is 3. The number of aromatic amines is 1. The van der Waals surface area contributed by atoms with Crippen molar-refractivity contribution in [3.8, 4) is 0 Å². The van der Waals surface area contributed by atoms with Gasteiger partial charge in [0.1, 0.15) is 13.2 Å². The quantitative estimate of drug-likeness (QED) is 0.255. The third-order valence-corrected chi connectivity index (χ3v) is 6.21. The van der Waals surface area contributed by atoms with E-state index >= 15 is 0 Å². The number of carboxylic acids is 1. The summed E-state index contributed by atoms with van der Waals surface area (Å²) in [7, 11) is 0. The number of aliphatic hydroxyl groups excluding tert-OH is 1. The third-order valence-electron chi connectivity index (χ3n) is 5.43. The first kappa shape index (κ1) is 25.5. The van der Waals surface area contributed by atoms with Crippen molar-refractivity contribution in [2.24, 2.45) is 10.7 Å². The summed E-state index contributed by atoms with van der Waals surface area (Å²) in [5.41, 5.74) is 9.64. The highest BCUT2D eigenvalue weighted by atomic mass is 35.5. The van der Waals surface area contributed by atoms with Crippen molar-refractivity contribution in [1.82, 2.24) is 15.2 Å². The molecule has 6 N–H and O–H groups in total. The molecule has 1 aliphatic heterocycles. The Bertz CT molecular complexity index is 1170. The predicted octanol–water partition coefficient (Wildman–Crippen LogP) is 1.70. The Morgan fingerprint density at radius 2 is 2.09 bits per heavy atom. The highest BCUT2D eigenvalue weighted by molar-refractivity contribution is 6.45. The van der Waals surface area contributed by atoms with Gasteiger partial charge in [0.25, 0.3) is 0 Å². The average Bonchev–Trinajstić information content (AvgIpc) is 3.20. The van der Waals surface area contributed by atoms with Crippen LogP contribution in [-0.2, 0) is 27.3 Å². The summed E-state index contributed by atoms with van der Waals surface area (Å²) in [5, 5.41) is 21.8. The summed E-state index contributed by atoms with van der Waals surface area (Å²) in [5.74, 6) is -1.61. The zero-order chi connectivity index (χ0) is 24.8. The zero-order valence-electron chi connectivity index (χ0n) is 18.2. The molecule has 0 atom stereocenters. The summed E-state index contributed by atoms with van der Waals surface area (Å²) < 4.78 is 0. The number of rotatable bonds is 9. The molecule has 182 valence electrons. The summed E-state index contributed by atoms with van der Waals surface area (Å²) in [6.07, 6.45) is 3.83. The molecule has 1 aromatic heterocycles. The second-order valence-corrected chi connectivity index (χ2v) is 8.52. The number of nitrogens with zero attached hydrogens (tertiary/aromatic N) is 2. The monoisotopic (exact) mass is 509 g/mol. The first-order valence-corrected chi connectivity index (χ1v) is 11.3. The van der Waals surface area contributed by atoms with Gasteiger partial charge in [-0.15, -0.1) is 0 Å². The van der Waals surface area contributed by atoms with Crippen LogP contribution in [0.3, 0.4) is 0 Å². The molecule has 10 nitrogen and oxygen atoms in total. The van der Waals surface area contributed by atoms with E-state index in [2.05, 4.69) is 15.3 Å². The Morgan fingerprint density at radius 1 is 1.32 bits per heavy atom. The van der Waals surface area contributed by atoms with Crippen LogP contribution < -0.4 is 11.1 Å². The molecule has 1 aliphatic rings. The second kappa shape index (κ2) is 11.4. The van der Waals surface area contributed by atoms with Crippen molar-refractivity contribution >= 4 is 63.8 Å². The Balaban J connectivity index is 1.80. The van der Waals surface area contributed by atoms with E-state index in [1.54, 1.807) is 11.0 Å². The number of aromatic nitrogens is 1. The highest BCUT2D eigenvalue weighted by Crippen LogP contribution is 2.39. The average molecular weight is 510 g/mol. The molecular weight excluding hydrogens is 485 g/mol. The number of amides is 2. The molecule has 0 saturated carbocycles. The van der Waals surface area contributed by atoms with Crippen molar-refractivity contribution in [1.29, 1.82) is 0 Å². The molecule has 34 heavy (non-hydrogen) atoms. The first-order chi connectivity index (χ1) is 16.2. The van der Waals surface area contributed by atoms with Crippen molar-refractivity contribution < 1.29 is 24.6 Å². The fourth-order valence-electron chi connectivity index (χ4n) is 3.76. The van der Waals surface area contributed by atoms with Gasteiger partial charge in [0.15, 0.2) is 0 Å². The topological polar surface area (TPSA) is 161 Å². The summed E-state index contributed by atoms with van der Waals surface area (Å²) >= 11 is 12.8. The lowest BCUT2D eigenvalue weighted by Gasteiger charge is -2.27.